The Morgan fingerprint density at radius 2 is 1.90 bits per heavy atom. The molecule has 6 nitrogen and oxygen atoms in total. The third-order valence-electron chi connectivity index (χ3n) is 4.88. The molecular formula is C23H20N2O4. The number of hydroxylamine groups is 1. The molecule has 3 aromatic rings. The van der Waals surface area contributed by atoms with Gasteiger partial charge in [-0.15, -0.1) is 0 Å². The lowest BCUT2D eigenvalue weighted by molar-refractivity contribution is -0.132. The summed E-state index contributed by atoms with van der Waals surface area (Å²) in [7, 11) is 0. The van der Waals surface area contributed by atoms with Gasteiger partial charge in [-0.1, -0.05) is 24.3 Å². The summed E-state index contributed by atoms with van der Waals surface area (Å²) in [5.74, 6) is -0.0596. The molecule has 146 valence electrons. The summed E-state index contributed by atoms with van der Waals surface area (Å²) >= 11 is 0. The van der Waals surface area contributed by atoms with Crippen molar-refractivity contribution in [3.8, 4) is 16.9 Å². The first kappa shape index (κ1) is 18.9. The van der Waals surface area contributed by atoms with E-state index in [1.54, 1.807) is 36.5 Å². The molecule has 0 fully saturated rings. The van der Waals surface area contributed by atoms with Crippen molar-refractivity contribution in [1.82, 2.24) is 9.63 Å². The van der Waals surface area contributed by atoms with Crippen LogP contribution >= 0.6 is 0 Å². The number of aromatic nitrogens is 1. The Kier molecular flexibility index (Phi) is 4.88. The molecule has 29 heavy (non-hydrogen) atoms. The van der Waals surface area contributed by atoms with Crippen molar-refractivity contribution in [2.24, 2.45) is 0 Å². The molecule has 0 saturated heterocycles. The third-order valence-corrected chi connectivity index (χ3v) is 4.88. The fraction of sp³-hybridized carbons (Fsp3) is 0.130. The summed E-state index contributed by atoms with van der Waals surface area (Å²) in [4.78, 5) is 15.9. The number of aliphatic carboxylic acids is 1. The lowest BCUT2D eigenvalue weighted by Gasteiger charge is -2.40. The Morgan fingerprint density at radius 3 is 2.66 bits per heavy atom. The van der Waals surface area contributed by atoms with Crippen LogP contribution in [0.2, 0.25) is 0 Å². The van der Waals surface area contributed by atoms with Gasteiger partial charge in [-0.3, -0.25) is 4.65 Å². The predicted octanol–water partition coefficient (Wildman–Crippen LogP) is 4.81. The SMILES string of the molecule is CCOc1cccc(-c2cccc([N+]3([O-])C=C(C(=O)O)Cc4cccnc43)c2)c1. The molecule has 0 saturated carbocycles. The Morgan fingerprint density at radius 1 is 1.14 bits per heavy atom. The van der Waals surface area contributed by atoms with Crippen LogP contribution in [0.3, 0.4) is 0 Å². The average molecular weight is 388 g/mol. The molecule has 2 aromatic carbocycles. The minimum atomic E-state index is -1.10. The summed E-state index contributed by atoms with van der Waals surface area (Å²) in [6, 6.07) is 18.3. The number of carbonyl (C=O) groups is 1. The van der Waals surface area contributed by atoms with Crippen molar-refractivity contribution in [3.63, 3.8) is 0 Å². The maximum Gasteiger partial charge on any atom is 0.337 e. The molecule has 1 N–H and O–H groups in total. The first-order valence-corrected chi connectivity index (χ1v) is 9.34. The number of carboxylic acid groups (broad SMARTS) is 1. The van der Waals surface area contributed by atoms with Crippen LogP contribution in [0.25, 0.3) is 11.1 Å². The Bertz CT molecular complexity index is 1110. The van der Waals surface area contributed by atoms with Gasteiger partial charge in [-0.2, -0.15) is 0 Å². The molecule has 1 unspecified atom stereocenters. The summed E-state index contributed by atoms with van der Waals surface area (Å²) in [6.07, 6.45) is 2.96. The van der Waals surface area contributed by atoms with Crippen LogP contribution in [0.5, 0.6) is 5.75 Å². The Labute approximate surface area is 168 Å². The van der Waals surface area contributed by atoms with Crippen LogP contribution in [0.1, 0.15) is 12.5 Å². The highest BCUT2D eigenvalue weighted by Crippen LogP contribution is 2.41. The van der Waals surface area contributed by atoms with Crippen LogP contribution in [0.15, 0.2) is 78.6 Å². The number of pyridine rings is 1. The van der Waals surface area contributed by atoms with Gasteiger partial charge in [0.2, 0.25) is 5.82 Å². The molecule has 0 aliphatic carbocycles. The van der Waals surface area contributed by atoms with Gasteiger partial charge in [0.1, 0.15) is 17.6 Å². The van der Waals surface area contributed by atoms with Gasteiger partial charge in [-0.25, -0.2) is 9.78 Å². The first-order valence-electron chi connectivity index (χ1n) is 9.34. The van der Waals surface area contributed by atoms with Crippen molar-refractivity contribution >= 4 is 17.5 Å². The van der Waals surface area contributed by atoms with E-state index in [0.717, 1.165) is 16.9 Å². The maximum atomic E-state index is 13.9. The standard InChI is InChI=1S/C23H20N2O4/c1-2-29-21-10-4-7-17(14-21)16-6-3-9-20(13-16)25(28)15-19(23(26)27)12-18-8-5-11-24-22(18)25/h3-11,13-15H,2,12H2,1H3,(H,26,27). The average Bonchev–Trinajstić information content (AvgIpc) is 2.74. The zero-order valence-corrected chi connectivity index (χ0v) is 15.9. The topological polar surface area (TPSA) is 82.5 Å². The summed E-state index contributed by atoms with van der Waals surface area (Å²) in [5.41, 5.74) is 2.81. The number of hydrogen-bond donors (Lipinski definition) is 1. The number of benzene rings is 2. The number of carboxylic acids is 1. The highest BCUT2D eigenvalue weighted by Gasteiger charge is 2.34. The molecule has 2 heterocycles. The van der Waals surface area contributed by atoms with Crippen molar-refractivity contribution in [3.05, 3.63) is 89.4 Å². The smallest absolute Gasteiger partial charge is 0.337 e. The van der Waals surface area contributed by atoms with Gasteiger partial charge in [-0.05, 0) is 42.3 Å². The number of ether oxygens (including phenoxy) is 1. The number of quaternary nitrogens is 1. The second-order valence-electron chi connectivity index (χ2n) is 6.79. The van der Waals surface area contributed by atoms with E-state index in [4.69, 9.17) is 4.74 Å². The van der Waals surface area contributed by atoms with Crippen LogP contribution in [-0.2, 0) is 11.2 Å². The molecule has 1 aliphatic heterocycles. The fourth-order valence-electron chi connectivity index (χ4n) is 3.55. The quantitative estimate of drug-likeness (QED) is 0.501. The molecule has 0 amide bonds. The van der Waals surface area contributed by atoms with E-state index in [1.807, 2.05) is 37.3 Å². The number of fused-ring (bicyclic) bond motifs is 1. The zero-order valence-electron chi connectivity index (χ0n) is 15.9. The molecular weight excluding hydrogens is 368 g/mol. The minimum Gasteiger partial charge on any atom is -0.616 e. The van der Waals surface area contributed by atoms with E-state index in [0.29, 0.717) is 17.9 Å². The second kappa shape index (κ2) is 7.50. The molecule has 6 heteroatoms. The molecule has 4 rings (SSSR count). The van der Waals surface area contributed by atoms with Gasteiger partial charge < -0.3 is 15.1 Å². The van der Waals surface area contributed by atoms with E-state index < -0.39 is 10.6 Å². The van der Waals surface area contributed by atoms with E-state index >= 15 is 0 Å². The van der Waals surface area contributed by atoms with Gasteiger partial charge >= 0.3 is 5.97 Å². The minimum absolute atomic E-state index is 0.0595. The Balaban J connectivity index is 1.84. The van der Waals surface area contributed by atoms with E-state index in [-0.39, 0.29) is 17.8 Å². The van der Waals surface area contributed by atoms with Crippen molar-refractivity contribution in [1.29, 1.82) is 0 Å². The molecule has 0 bridgehead atoms. The van der Waals surface area contributed by atoms with Crippen LogP contribution in [-0.4, -0.2) is 22.7 Å². The normalized spacial score (nSPS) is 17.9. The van der Waals surface area contributed by atoms with Gasteiger partial charge in [0, 0.05) is 30.3 Å². The monoisotopic (exact) mass is 388 g/mol. The maximum absolute atomic E-state index is 13.9. The molecule has 1 atom stereocenters. The zero-order chi connectivity index (χ0) is 20.4. The number of hydrogen-bond acceptors (Lipinski definition) is 4. The van der Waals surface area contributed by atoms with Crippen molar-refractivity contribution < 1.29 is 14.6 Å². The molecule has 1 aliphatic rings. The predicted molar refractivity (Wildman–Crippen MR) is 112 cm³/mol. The van der Waals surface area contributed by atoms with Crippen LogP contribution < -0.4 is 9.38 Å². The molecule has 0 radical (unpaired) electrons. The van der Waals surface area contributed by atoms with Crippen LogP contribution in [0.4, 0.5) is 11.5 Å². The summed E-state index contributed by atoms with van der Waals surface area (Å²) < 4.78 is 4.53. The highest BCUT2D eigenvalue weighted by atomic mass is 16.5. The van der Waals surface area contributed by atoms with Gasteiger partial charge in [0.05, 0.1) is 12.2 Å². The summed E-state index contributed by atoms with van der Waals surface area (Å²) in [5, 5.41) is 23.4. The molecule has 1 aromatic heterocycles. The third kappa shape index (κ3) is 3.51. The fourth-order valence-corrected chi connectivity index (χ4v) is 3.55. The lowest BCUT2D eigenvalue weighted by atomic mass is 10.0. The van der Waals surface area contributed by atoms with Crippen LogP contribution in [0, 0.1) is 5.21 Å². The largest absolute Gasteiger partial charge is 0.616 e. The second-order valence-corrected chi connectivity index (χ2v) is 6.79. The Hall–Kier alpha value is -3.48. The van der Waals surface area contributed by atoms with Gasteiger partial charge in [0.25, 0.3) is 0 Å². The van der Waals surface area contributed by atoms with Crippen molar-refractivity contribution in [2.45, 2.75) is 13.3 Å². The van der Waals surface area contributed by atoms with Gasteiger partial charge in [0.15, 0.2) is 0 Å². The van der Waals surface area contributed by atoms with E-state index in [9.17, 15) is 15.1 Å². The van der Waals surface area contributed by atoms with Crippen molar-refractivity contribution in [2.75, 3.05) is 6.61 Å². The summed E-state index contributed by atoms with van der Waals surface area (Å²) in [6.45, 7) is 2.49. The number of rotatable bonds is 5. The highest BCUT2D eigenvalue weighted by molar-refractivity contribution is 5.89. The van der Waals surface area contributed by atoms with E-state index in [2.05, 4.69) is 4.98 Å². The number of nitrogens with zero attached hydrogens (tertiary/aromatic N) is 2. The molecule has 0 spiro atoms. The first-order chi connectivity index (χ1) is 14.0. The van der Waals surface area contributed by atoms with E-state index in [1.165, 1.54) is 6.20 Å². The lowest BCUT2D eigenvalue weighted by Crippen LogP contribution is -2.37.